The number of hydrogen-bond donors (Lipinski definition) is 4. The maximum absolute atomic E-state index is 13.2. The van der Waals surface area contributed by atoms with E-state index < -0.39 is 18.9 Å². The molecule has 3 heterocycles. The molecule has 0 amide bonds. The number of fused-ring (bicyclic) bond motifs is 1. The van der Waals surface area contributed by atoms with Crippen molar-refractivity contribution in [3.8, 4) is 11.5 Å². The summed E-state index contributed by atoms with van der Waals surface area (Å²) >= 11 is 0. The van der Waals surface area contributed by atoms with Crippen LogP contribution in [0.15, 0.2) is 12.1 Å². The van der Waals surface area contributed by atoms with Gasteiger partial charge in [-0.25, -0.2) is 9.18 Å². The van der Waals surface area contributed by atoms with Gasteiger partial charge >= 0.3 is 12.7 Å². The number of aromatic carboxylic acids is 1. The Morgan fingerprint density at radius 3 is 2.85 bits per heavy atom. The lowest BCUT2D eigenvalue weighted by atomic mass is 9.70. The molecule has 148 valence electrons. The second-order valence-electron chi connectivity index (χ2n) is 7.64. The van der Waals surface area contributed by atoms with Crippen molar-refractivity contribution in [2.75, 3.05) is 26.2 Å². The molecule has 10 heteroatoms. The van der Waals surface area contributed by atoms with E-state index in [1.54, 1.807) is 12.1 Å². The van der Waals surface area contributed by atoms with Gasteiger partial charge in [0.1, 0.15) is 23.6 Å². The second kappa shape index (κ2) is 6.94. The fourth-order valence-corrected chi connectivity index (χ4v) is 3.98. The van der Waals surface area contributed by atoms with Crippen molar-refractivity contribution in [1.29, 1.82) is 0 Å². The van der Waals surface area contributed by atoms with E-state index in [9.17, 15) is 24.3 Å². The third-order valence-electron chi connectivity index (χ3n) is 5.38. The van der Waals surface area contributed by atoms with E-state index in [1.807, 2.05) is 0 Å². The molecule has 0 radical (unpaired) electrons. The summed E-state index contributed by atoms with van der Waals surface area (Å²) in [5.41, 5.74) is 0.432. The number of carbonyl (C=O) groups is 1. The van der Waals surface area contributed by atoms with Gasteiger partial charge in [0.05, 0.1) is 5.75 Å². The molecule has 2 atom stereocenters. The van der Waals surface area contributed by atoms with Crippen LogP contribution in [-0.4, -0.2) is 77.3 Å². The summed E-state index contributed by atoms with van der Waals surface area (Å²) in [6.07, 6.45) is -0.100. The summed E-state index contributed by atoms with van der Waals surface area (Å²) in [5.74, 6) is -1.12. The zero-order chi connectivity index (χ0) is 19.2. The molecule has 1 aromatic carbocycles. The van der Waals surface area contributed by atoms with Gasteiger partial charge in [-0.3, -0.25) is 4.90 Å². The molecular formula is C17H23BFN2O6-. The Labute approximate surface area is 155 Å². The number of hydrogen-bond acceptors (Lipinski definition) is 7. The number of nitrogens with one attached hydrogen (secondary N) is 1. The van der Waals surface area contributed by atoms with Crippen LogP contribution in [0.25, 0.3) is 0 Å². The van der Waals surface area contributed by atoms with E-state index in [-0.39, 0.29) is 35.5 Å². The van der Waals surface area contributed by atoms with Crippen LogP contribution >= 0.6 is 0 Å². The van der Waals surface area contributed by atoms with Crippen molar-refractivity contribution in [3.05, 3.63) is 23.3 Å². The van der Waals surface area contributed by atoms with E-state index in [1.165, 1.54) is 0 Å². The predicted octanol–water partition coefficient (Wildman–Crippen LogP) is 0.00620. The molecule has 8 nitrogen and oxygen atoms in total. The first kappa shape index (κ1) is 18.5. The summed E-state index contributed by atoms with van der Waals surface area (Å²) in [6.45, 7) is -0.674. The standard InChI is InChI=1S/C17H23BFN2O6/c19-11-5-12(20-6-11)7-21-8-13(9-21)26-14-2-1-10-3-4-18(24,25)27-16(10)15(14)17(22)23/h1-2,11-13,20,24-25H,3-9H2,(H,22,23)/q-1/t11-,12-/m0/s1. The minimum absolute atomic E-state index is 0.0266. The number of rotatable bonds is 5. The summed E-state index contributed by atoms with van der Waals surface area (Å²) in [6, 6.07) is 3.43. The molecule has 0 spiro atoms. The van der Waals surface area contributed by atoms with Gasteiger partial charge in [-0.05, 0) is 24.5 Å². The molecule has 4 N–H and O–H groups in total. The van der Waals surface area contributed by atoms with Crippen LogP contribution in [0.1, 0.15) is 22.3 Å². The van der Waals surface area contributed by atoms with Crippen LogP contribution in [0.4, 0.5) is 4.39 Å². The van der Waals surface area contributed by atoms with Crippen LogP contribution in [0.2, 0.25) is 6.32 Å². The van der Waals surface area contributed by atoms with Crippen LogP contribution in [-0.2, 0) is 6.42 Å². The normalized spacial score (nSPS) is 27.5. The fourth-order valence-electron chi connectivity index (χ4n) is 3.98. The van der Waals surface area contributed by atoms with Crippen LogP contribution in [0.3, 0.4) is 0 Å². The Balaban J connectivity index is 1.42. The maximum atomic E-state index is 13.2. The lowest BCUT2D eigenvalue weighted by molar-refractivity contribution is 0.0140. The molecule has 1 aromatic rings. The van der Waals surface area contributed by atoms with E-state index in [0.29, 0.717) is 38.0 Å². The molecule has 0 saturated carbocycles. The molecule has 0 aliphatic carbocycles. The molecular weight excluding hydrogens is 358 g/mol. The molecule has 2 fully saturated rings. The summed E-state index contributed by atoms with van der Waals surface area (Å²) in [5, 5.41) is 32.3. The van der Waals surface area contributed by atoms with Crippen LogP contribution in [0, 0.1) is 0 Å². The van der Waals surface area contributed by atoms with E-state index in [4.69, 9.17) is 9.39 Å². The highest BCUT2D eigenvalue weighted by Crippen LogP contribution is 2.39. The zero-order valence-electron chi connectivity index (χ0n) is 14.8. The van der Waals surface area contributed by atoms with Crippen molar-refractivity contribution in [3.63, 3.8) is 0 Å². The van der Waals surface area contributed by atoms with Gasteiger partial charge in [-0.2, -0.15) is 0 Å². The largest absolute Gasteiger partial charge is 0.669 e. The monoisotopic (exact) mass is 381 g/mol. The van der Waals surface area contributed by atoms with Gasteiger partial charge in [0.25, 0.3) is 0 Å². The Morgan fingerprint density at radius 2 is 2.19 bits per heavy atom. The smallest absolute Gasteiger partial charge is 0.430 e. The number of halogens is 1. The highest BCUT2D eigenvalue weighted by Gasteiger charge is 2.36. The van der Waals surface area contributed by atoms with Crippen molar-refractivity contribution in [2.24, 2.45) is 0 Å². The topological polar surface area (TPSA) is 111 Å². The number of aryl methyl sites for hydroxylation is 1. The average Bonchev–Trinajstić information content (AvgIpc) is 2.96. The lowest BCUT2D eigenvalue weighted by Crippen LogP contribution is -2.56. The van der Waals surface area contributed by atoms with Crippen molar-refractivity contribution in [2.45, 2.75) is 37.5 Å². The number of carboxylic acids is 1. The number of carboxylic acid groups (broad SMARTS) is 1. The molecule has 3 aliphatic heterocycles. The molecule has 0 aromatic heterocycles. The number of ether oxygens (including phenoxy) is 1. The molecule has 4 rings (SSSR count). The van der Waals surface area contributed by atoms with Crippen molar-refractivity contribution < 1.29 is 33.7 Å². The molecule has 3 aliphatic rings. The number of alkyl halides is 1. The fraction of sp³-hybridized carbons (Fsp3) is 0.588. The highest BCUT2D eigenvalue weighted by molar-refractivity contribution is 6.59. The Kier molecular flexibility index (Phi) is 4.75. The highest BCUT2D eigenvalue weighted by atomic mass is 19.1. The number of likely N-dealkylation sites (tertiary alicyclic amines) is 1. The summed E-state index contributed by atoms with van der Waals surface area (Å²) < 4.78 is 24.2. The van der Waals surface area contributed by atoms with Gasteiger partial charge in [-0.15, -0.1) is 0 Å². The lowest BCUT2D eigenvalue weighted by Gasteiger charge is -2.41. The summed E-state index contributed by atoms with van der Waals surface area (Å²) in [7, 11) is 0. The summed E-state index contributed by atoms with van der Waals surface area (Å²) in [4.78, 5) is 13.9. The van der Waals surface area contributed by atoms with Gasteiger partial charge < -0.3 is 29.9 Å². The molecule has 0 bridgehead atoms. The average molecular weight is 381 g/mol. The first-order valence-corrected chi connectivity index (χ1v) is 9.25. The number of benzene rings is 1. The molecule has 2 saturated heterocycles. The van der Waals surface area contributed by atoms with Gasteiger partial charge in [0.15, 0.2) is 0 Å². The number of nitrogens with zero attached hydrogens (tertiary/aromatic N) is 1. The third-order valence-corrected chi connectivity index (χ3v) is 5.38. The van der Waals surface area contributed by atoms with Crippen LogP contribution in [0.5, 0.6) is 11.5 Å². The van der Waals surface area contributed by atoms with Gasteiger partial charge in [-0.1, -0.05) is 12.4 Å². The Bertz CT molecular complexity index is 742. The Hall–Kier alpha value is -1.88. The van der Waals surface area contributed by atoms with Crippen molar-refractivity contribution in [1.82, 2.24) is 10.2 Å². The minimum Gasteiger partial charge on any atom is -0.669 e. The molecule has 0 unspecified atom stereocenters. The van der Waals surface area contributed by atoms with Gasteiger partial charge in [0.2, 0.25) is 0 Å². The Morgan fingerprint density at radius 1 is 1.41 bits per heavy atom. The predicted molar refractivity (Wildman–Crippen MR) is 94.9 cm³/mol. The van der Waals surface area contributed by atoms with E-state index >= 15 is 0 Å². The zero-order valence-corrected chi connectivity index (χ0v) is 14.8. The second-order valence-corrected chi connectivity index (χ2v) is 7.64. The van der Waals surface area contributed by atoms with E-state index in [2.05, 4.69) is 10.2 Å². The third kappa shape index (κ3) is 3.89. The van der Waals surface area contributed by atoms with E-state index in [0.717, 1.165) is 6.54 Å². The first-order chi connectivity index (χ1) is 12.8. The quantitative estimate of drug-likeness (QED) is 0.528. The molecule has 27 heavy (non-hydrogen) atoms. The van der Waals surface area contributed by atoms with Gasteiger partial charge in [0, 0.05) is 32.2 Å². The SMILES string of the molecule is O=C(O)c1c(OC2CN(C[C@@H]3C[C@H](F)CN3)C2)ccc2c1O[B-](O)(O)CC2. The minimum atomic E-state index is -3.06. The maximum Gasteiger partial charge on any atom is 0.430 e. The van der Waals surface area contributed by atoms with Crippen molar-refractivity contribution >= 4 is 12.7 Å². The first-order valence-electron chi connectivity index (χ1n) is 9.25. The van der Waals surface area contributed by atoms with Crippen LogP contribution < -0.4 is 14.7 Å².